The van der Waals surface area contributed by atoms with E-state index in [-0.39, 0.29) is 0 Å². The monoisotopic (exact) mass is 257 g/mol. The Hall–Kier alpha value is -1.66. The van der Waals surface area contributed by atoms with E-state index < -0.39 is 0 Å². The molecule has 0 spiro atoms. The highest BCUT2D eigenvalue weighted by Gasteiger charge is 2.13. The zero-order valence-electron chi connectivity index (χ0n) is 10.9. The number of nitrogens with two attached hydrogens (primary N) is 1. The van der Waals surface area contributed by atoms with Crippen molar-refractivity contribution in [3.63, 3.8) is 0 Å². The quantitative estimate of drug-likeness (QED) is 0.560. The summed E-state index contributed by atoms with van der Waals surface area (Å²) in [6.45, 7) is 0.945. The molecule has 0 aliphatic carbocycles. The van der Waals surface area contributed by atoms with Gasteiger partial charge in [0, 0.05) is 18.6 Å². The van der Waals surface area contributed by atoms with Crippen LogP contribution in [0.5, 0.6) is 23.0 Å². The summed E-state index contributed by atoms with van der Waals surface area (Å²) in [6.07, 6.45) is 0.702. The van der Waals surface area contributed by atoms with Gasteiger partial charge in [-0.3, -0.25) is 0 Å². The van der Waals surface area contributed by atoms with Gasteiger partial charge in [-0.1, -0.05) is 0 Å². The van der Waals surface area contributed by atoms with E-state index in [0.29, 0.717) is 42.6 Å². The summed E-state index contributed by atoms with van der Waals surface area (Å²) in [5.74, 6) is 7.22. The van der Waals surface area contributed by atoms with Gasteiger partial charge in [-0.05, 0) is 0 Å². The minimum Gasteiger partial charge on any atom is -0.493 e. The maximum Gasteiger partial charge on any atom is 0.203 e. The maximum absolute atomic E-state index is 5.54. The van der Waals surface area contributed by atoms with Crippen molar-refractivity contribution in [2.24, 2.45) is 5.90 Å². The van der Waals surface area contributed by atoms with Gasteiger partial charge < -0.3 is 23.8 Å². The summed E-state index contributed by atoms with van der Waals surface area (Å²) in [7, 11) is 4.67. The standard InChI is InChI=1S/C12H19NO5/c1-14-10-7-9(17-5-4-6-18-13)8-11(15-2)12(10)16-3/h7-8H,4-6,13H2,1-3H3. The van der Waals surface area contributed by atoms with Crippen molar-refractivity contribution in [2.45, 2.75) is 6.42 Å². The molecule has 0 aliphatic rings. The first-order valence-electron chi connectivity index (χ1n) is 5.51. The lowest BCUT2D eigenvalue weighted by molar-refractivity contribution is 0.122. The van der Waals surface area contributed by atoms with E-state index in [9.17, 15) is 0 Å². The molecule has 0 aliphatic heterocycles. The molecule has 0 aromatic heterocycles. The van der Waals surface area contributed by atoms with E-state index in [1.165, 1.54) is 0 Å². The summed E-state index contributed by atoms with van der Waals surface area (Å²) in [4.78, 5) is 4.46. The number of benzene rings is 1. The molecule has 0 radical (unpaired) electrons. The van der Waals surface area contributed by atoms with Crippen LogP contribution in [-0.2, 0) is 4.84 Å². The third kappa shape index (κ3) is 3.68. The van der Waals surface area contributed by atoms with Gasteiger partial charge in [-0.2, -0.15) is 0 Å². The minimum absolute atomic E-state index is 0.449. The van der Waals surface area contributed by atoms with Gasteiger partial charge in [0.15, 0.2) is 11.5 Å². The Morgan fingerprint density at radius 2 is 1.56 bits per heavy atom. The van der Waals surface area contributed by atoms with Crippen LogP contribution in [0.4, 0.5) is 0 Å². The lowest BCUT2D eigenvalue weighted by atomic mass is 10.2. The SMILES string of the molecule is COc1cc(OCCCON)cc(OC)c1OC. The largest absolute Gasteiger partial charge is 0.493 e. The van der Waals surface area contributed by atoms with Crippen LogP contribution in [0.15, 0.2) is 12.1 Å². The average Bonchev–Trinajstić information content (AvgIpc) is 2.42. The van der Waals surface area contributed by atoms with Gasteiger partial charge in [-0.25, -0.2) is 5.90 Å². The summed E-state index contributed by atoms with van der Waals surface area (Å²) in [6, 6.07) is 3.48. The van der Waals surface area contributed by atoms with Gasteiger partial charge in [0.25, 0.3) is 0 Å². The summed E-state index contributed by atoms with van der Waals surface area (Å²) >= 11 is 0. The first-order valence-corrected chi connectivity index (χ1v) is 5.51. The van der Waals surface area contributed by atoms with Crippen LogP contribution >= 0.6 is 0 Å². The molecule has 0 unspecified atom stereocenters. The van der Waals surface area contributed by atoms with E-state index in [0.717, 1.165) is 0 Å². The Morgan fingerprint density at radius 1 is 0.944 bits per heavy atom. The van der Waals surface area contributed by atoms with Crippen LogP contribution in [-0.4, -0.2) is 34.5 Å². The van der Waals surface area contributed by atoms with Crippen LogP contribution in [0.25, 0.3) is 0 Å². The average molecular weight is 257 g/mol. The van der Waals surface area contributed by atoms with Crippen molar-refractivity contribution < 1.29 is 23.8 Å². The van der Waals surface area contributed by atoms with Crippen LogP contribution in [0, 0.1) is 0 Å². The fraction of sp³-hybridized carbons (Fsp3) is 0.500. The molecule has 6 nitrogen and oxygen atoms in total. The highest BCUT2D eigenvalue weighted by molar-refractivity contribution is 5.55. The molecule has 0 amide bonds. The molecular weight excluding hydrogens is 238 g/mol. The van der Waals surface area contributed by atoms with Crippen molar-refractivity contribution in [3.8, 4) is 23.0 Å². The molecule has 0 fully saturated rings. The van der Waals surface area contributed by atoms with E-state index in [2.05, 4.69) is 4.84 Å². The van der Waals surface area contributed by atoms with Crippen molar-refractivity contribution >= 4 is 0 Å². The minimum atomic E-state index is 0.449. The van der Waals surface area contributed by atoms with E-state index in [4.69, 9.17) is 24.8 Å². The van der Waals surface area contributed by atoms with Crippen molar-refractivity contribution in [3.05, 3.63) is 12.1 Å². The zero-order chi connectivity index (χ0) is 13.4. The molecule has 0 atom stereocenters. The first kappa shape index (κ1) is 14.4. The fourth-order valence-electron chi connectivity index (χ4n) is 1.47. The second-order valence-corrected chi connectivity index (χ2v) is 3.43. The number of methoxy groups -OCH3 is 3. The molecule has 0 saturated heterocycles. The van der Waals surface area contributed by atoms with Gasteiger partial charge in [-0.15, -0.1) is 0 Å². The van der Waals surface area contributed by atoms with E-state index in [1.807, 2.05) is 0 Å². The van der Waals surface area contributed by atoms with Gasteiger partial charge in [0.1, 0.15) is 5.75 Å². The van der Waals surface area contributed by atoms with Crippen LogP contribution in [0.1, 0.15) is 6.42 Å². The second kappa shape index (κ2) is 7.62. The van der Waals surface area contributed by atoms with Crippen LogP contribution in [0.2, 0.25) is 0 Å². The Labute approximate surface area is 106 Å². The van der Waals surface area contributed by atoms with Gasteiger partial charge >= 0.3 is 0 Å². The number of hydrogen-bond acceptors (Lipinski definition) is 6. The highest BCUT2D eigenvalue weighted by atomic mass is 16.6. The molecular formula is C12H19NO5. The van der Waals surface area contributed by atoms with E-state index in [1.54, 1.807) is 33.5 Å². The van der Waals surface area contributed by atoms with Crippen LogP contribution < -0.4 is 24.8 Å². The predicted molar refractivity (Wildman–Crippen MR) is 66.3 cm³/mol. The van der Waals surface area contributed by atoms with Crippen LogP contribution in [0.3, 0.4) is 0 Å². The molecule has 1 aromatic rings. The Balaban J connectivity index is 2.80. The number of ether oxygens (including phenoxy) is 4. The molecule has 1 aromatic carbocycles. The third-order valence-corrected chi connectivity index (χ3v) is 2.31. The Morgan fingerprint density at radius 3 is 2.00 bits per heavy atom. The predicted octanol–water partition coefficient (Wildman–Crippen LogP) is 1.37. The normalized spacial score (nSPS) is 10.0. The summed E-state index contributed by atoms with van der Waals surface area (Å²) in [5, 5.41) is 0. The fourth-order valence-corrected chi connectivity index (χ4v) is 1.47. The summed E-state index contributed by atoms with van der Waals surface area (Å²) in [5.41, 5.74) is 0. The highest BCUT2D eigenvalue weighted by Crippen LogP contribution is 2.40. The number of rotatable bonds is 8. The van der Waals surface area contributed by atoms with Crippen molar-refractivity contribution in [1.82, 2.24) is 0 Å². The lowest BCUT2D eigenvalue weighted by Gasteiger charge is -2.14. The maximum atomic E-state index is 5.54. The molecule has 0 saturated carbocycles. The van der Waals surface area contributed by atoms with Crippen molar-refractivity contribution in [2.75, 3.05) is 34.5 Å². The molecule has 0 bridgehead atoms. The topological polar surface area (TPSA) is 72.2 Å². The molecule has 6 heteroatoms. The molecule has 2 N–H and O–H groups in total. The first-order chi connectivity index (χ1) is 8.76. The van der Waals surface area contributed by atoms with Gasteiger partial charge in [0.05, 0.1) is 34.5 Å². The molecule has 0 heterocycles. The van der Waals surface area contributed by atoms with Gasteiger partial charge in [0.2, 0.25) is 5.75 Å². The Bertz CT molecular complexity index is 344. The summed E-state index contributed by atoms with van der Waals surface area (Å²) < 4.78 is 21.2. The van der Waals surface area contributed by atoms with E-state index >= 15 is 0 Å². The Kier molecular flexibility index (Phi) is 6.10. The zero-order valence-corrected chi connectivity index (χ0v) is 10.9. The molecule has 1 rings (SSSR count). The second-order valence-electron chi connectivity index (χ2n) is 3.43. The lowest BCUT2D eigenvalue weighted by Crippen LogP contribution is -2.06. The van der Waals surface area contributed by atoms with Crippen molar-refractivity contribution in [1.29, 1.82) is 0 Å². The third-order valence-electron chi connectivity index (χ3n) is 2.31. The molecule has 102 valence electrons. The number of hydrogen-bond donors (Lipinski definition) is 1. The smallest absolute Gasteiger partial charge is 0.203 e. The molecule has 18 heavy (non-hydrogen) atoms.